The fraction of sp³-hybridized carbons (Fsp3) is 0.765. The van der Waals surface area contributed by atoms with Gasteiger partial charge in [0.25, 0.3) is 0 Å². The van der Waals surface area contributed by atoms with Crippen molar-refractivity contribution in [2.24, 2.45) is 11.7 Å². The molecule has 7 N–H and O–H groups in total. The molecule has 3 amide bonds. The van der Waals surface area contributed by atoms with Crippen LogP contribution >= 0.6 is 11.8 Å². The van der Waals surface area contributed by atoms with Crippen molar-refractivity contribution in [3.05, 3.63) is 0 Å². The number of carbonyl (C=O) groups is 4. The van der Waals surface area contributed by atoms with Crippen LogP contribution in [-0.2, 0) is 19.2 Å². The van der Waals surface area contributed by atoms with E-state index >= 15 is 0 Å². The van der Waals surface area contributed by atoms with Crippen molar-refractivity contribution in [2.75, 3.05) is 18.6 Å². The lowest BCUT2D eigenvalue weighted by molar-refractivity contribution is -0.145. The van der Waals surface area contributed by atoms with Crippen LogP contribution in [0.2, 0.25) is 0 Å². The van der Waals surface area contributed by atoms with Gasteiger partial charge >= 0.3 is 5.97 Å². The summed E-state index contributed by atoms with van der Waals surface area (Å²) in [5.74, 6) is -2.43. The Kier molecular flexibility index (Phi) is 12.5. The van der Waals surface area contributed by atoms with Crippen LogP contribution in [0.15, 0.2) is 0 Å². The van der Waals surface area contributed by atoms with E-state index in [1.54, 1.807) is 11.8 Å². The number of aliphatic hydroxyl groups is 1. The van der Waals surface area contributed by atoms with Crippen LogP contribution in [0.5, 0.6) is 0 Å². The van der Waals surface area contributed by atoms with Gasteiger partial charge in [0, 0.05) is 0 Å². The topological polar surface area (TPSA) is 171 Å². The Morgan fingerprint density at radius 1 is 1.07 bits per heavy atom. The van der Waals surface area contributed by atoms with Crippen LogP contribution in [-0.4, -0.2) is 76.7 Å². The molecule has 4 unspecified atom stereocenters. The molecule has 11 heteroatoms. The summed E-state index contributed by atoms with van der Waals surface area (Å²) in [4.78, 5) is 47.5. The van der Waals surface area contributed by atoms with Gasteiger partial charge < -0.3 is 31.9 Å². The Morgan fingerprint density at radius 3 is 2.14 bits per heavy atom. The van der Waals surface area contributed by atoms with Crippen LogP contribution in [0.25, 0.3) is 0 Å². The van der Waals surface area contributed by atoms with Gasteiger partial charge in [0.2, 0.25) is 17.7 Å². The van der Waals surface area contributed by atoms with Crippen molar-refractivity contribution < 1.29 is 29.4 Å². The summed E-state index contributed by atoms with van der Waals surface area (Å²) < 4.78 is 0. The first-order valence-electron chi connectivity index (χ1n) is 9.02. The maximum absolute atomic E-state index is 12.4. The average molecular weight is 421 g/mol. The first-order valence-corrected chi connectivity index (χ1v) is 10.4. The number of aliphatic carboxylic acids is 1. The molecular weight excluding hydrogens is 388 g/mol. The molecular formula is C17H32N4O6S. The van der Waals surface area contributed by atoms with Gasteiger partial charge in [-0.25, -0.2) is 4.79 Å². The molecule has 0 heterocycles. The third-order valence-electron chi connectivity index (χ3n) is 3.80. The fourth-order valence-electron chi connectivity index (χ4n) is 2.27. The number of nitrogens with one attached hydrogen (secondary N) is 3. The summed E-state index contributed by atoms with van der Waals surface area (Å²) in [6.07, 6.45) is 1.32. The predicted octanol–water partition coefficient (Wildman–Crippen LogP) is -1.34. The molecule has 0 bridgehead atoms. The molecule has 0 aliphatic rings. The molecule has 0 fully saturated rings. The van der Waals surface area contributed by atoms with Gasteiger partial charge in [-0.05, 0) is 37.7 Å². The average Bonchev–Trinajstić information content (AvgIpc) is 2.60. The van der Waals surface area contributed by atoms with Gasteiger partial charge in [0.15, 0.2) is 6.04 Å². The lowest BCUT2D eigenvalue weighted by Crippen LogP contribution is -2.56. The number of hydrogen-bond acceptors (Lipinski definition) is 7. The molecule has 0 saturated carbocycles. The zero-order valence-electron chi connectivity index (χ0n) is 16.7. The van der Waals surface area contributed by atoms with Crippen molar-refractivity contribution in [1.29, 1.82) is 0 Å². The van der Waals surface area contributed by atoms with Gasteiger partial charge in [0.1, 0.15) is 6.04 Å². The van der Waals surface area contributed by atoms with Crippen molar-refractivity contribution >= 4 is 35.5 Å². The maximum Gasteiger partial charge on any atom is 0.328 e. The van der Waals surface area contributed by atoms with Crippen LogP contribution in [0.3, 0.4) is 0 Å². The van der Waals surface area contributed by atoms with E-state index in [9.17, 15) is 24.3 Å². The number of thioether (sulfide) groups is 1. The van der Waals surface area contributed by atoms with E-state index in [4.69, 9.17) is 10.8 Å². The number of nitrogens with two attached hydrogens (primary N) is 1. The smallest absolute Gasteiger partial charge is 0.328 e. The minimum Gasteiger partial charge on any atom is -0.480 e. The molecule has 10 nitrogen and oxygen atoms in total. The minimum atomic E-state index is -1.49. The zero-order valence-corrected chi connectivity index (χ0v) is 17.5. The van der Waals surface area contributed by atoms with Crippen LogP contribution in [0.4, 0.5) is 0 Å². The number of carboxylic acids is 1. The predicted molar refractivity (Wildman–Crippen MR) is 107 cm³/mol. The highest BCUT2D eigenvalue weighted by atomic mass is 32.2. The summed E-state index contributed by atoms with van der Waals surface area (Å²) in [6.45, 7) is 4.56. The molecule has 0 aliphatic heterocycles. The van der Waals surface area contributed by atoms with E-state index in [0.717, 1.165) is 0 Å². The van der Waals surface area contributed by atoms with E-state index in [2.05, 4.69) is 16.0 Å². The first-order chi connectivity index (χ1) is 13.0. The Bertz CT molecular complexity index is 544. The molecule has 28 heavy (non-hydrogen) atoms. The second-order valence-electron chi connectivity index (χ2n) is 6.92. The van der Waals surface area contributed by atoms with Crippen molar-refractivity contribution in [3.8, 4) is 0 Å². The van der Waals surface area contributed by atoms with Gasteiger partial charge in [-0.15, -0.1) is 0 Å². The largest absolute Gasteiger partial charge is 0.480 e. The molecule has 0 rings (SSSR count). The molecule has 0 radical (unpaired) electrons. The van der Waals surface area contributed by atoms with Crippen molar-refractivity contribution in [2.45, 2.75) is 57.8 Å². The fourth-order valence-corrected chi connectivity index (χ4v) is 2.75. The quantitative estimate of drug-likeness (QED) is 0.213. The zero-order chi connectivity index (χ0) is 21.9. The summed E-state index contributed by atoms with van der Waals surface area (Å²) in [6, 6.07) is -3.22. The van der Waals surface area contributed by atoms with Gasteiger partial charge in [-0.1, -0.05) is 13.8 Å². The van der Waals surface area contributed by atoms with E-state index in [-0.39, 0.29) is 18.9 Å². The molecule has 4 atom stereocenters. The number of carboxylic acid groups (broad SMARTS) is 1. The molecule has 162 valence electrons. The van der Waals surface area contributed by atoms with Gasteiger partial charge in [-0.3, -0.25) is 14.4 Å². The molecule has 0 aliphatic carbocycles. The lowest BCUT2D eigenvalue weighted by atomic mass is 10.0. The van der Waals surface area contributed by atoms with E-state index in [1.807, 2.05) is 20.1 Å². The standard InChI is InChI=1S/C17H32N4O6S/c1-9(2)7-12(16(25)21-14(10(3)22)17(26)27)20-13(23)8-19-15(24)11(18)5-6-28-4/h9-12,14,22H,5-8,18H2,1-4H3,(H,19,24)(H,20,23)(H,21,25)(H,26,27). The maximum atomic E-state index is 12.4. The highest BCUT2D eigenvalue weighted by Gasteiger charge is 2.29. The molecule has 0 aromatic heterocycles. The number of rotatable bonds is 13. The Labute approximate surface area is 169 Å². The number of amides is 3. The number of hydrogen-bond donors (Lipinski definition) is 6. The minimum absolute atomic E-state index is 0.0282. The molecule has 0 spiro atoms. The third kappa shape index (κ3) is 10.5. The summed E-state index contributed by atoms with van der Waals surface area (Å²) in [5, 5.41) is 25.7. The monoisotopic (exact) mass is 420 g/mol. The summed E-state index contributed by atoms with van der Waals surface area (Å²) in [7, 11) is 0. The Balaban J connectivity index is 4.81. The second-order valence-corrected chi connectivity index (χ2v) is 7.91. The molecule has 0 saturated heterocycles. The molecule has 0 aromatic rings. The molecule has 0 aromatic carbocycles. The Morgan fingerprint density at radius 2 is 1.68 bits per heavy atom. The second kappa shape index (κ2) is 13.3. The van der Waals surface area contributed by atoms with Crippen molar-refractivity contribution in [3.63, 3.8) is 0 Å². The highest BCUT2D eigenvalue weighted by Crippen LogP contribution is 2.06. The number of carbonyl (C=O) groups excluding carboxylic acids is 3. The SMILES string of the molecule is CSCCC(N)C(=O)NCC(=O)NC(CC(C)C)C(=O)NC(C(=O)O)C(C)O. The van der Waals surface area contributed by atoms with E-state index < -0.39 is 47.9 Å². The normalized spacial score (nSPS) is 15.2. The first kappa shape index (κ1) is 26.1. The van der Waals surface area contributed by atoms with E-state index in [1.165, 1.54) is 6.92 Å². The van der Waals surface area contributed by atoms with Gasteiger partial charge in [-0.2, -0.15) is 11.8 Å². The van der Waals surface area contributed by atoms with Gasteiger partial charge in [0.05, 0.1) is 18.7 Å². The highest BCUT2D eigenvalue weighted by molar-refractivity contribution is 7.98. The summed E-state index contributed by atoms with van der Waals surface area (Å²) in [5.41, 5.74) is 5.72. The Hall–Kier alpha value is -1.85. The van der Waals surface area contributed by atoms with E-state index in [0.29, 0.717) is 12.2 Å². The van der Waals surface area contributed by atoms with Crippen LogP contribution in [0.1, 0.15) is 33.6 Å². The third-order valence-corrected chi connectivity index (χ3v) is 4.44. The van der Waals surface area contributed by atoms with Crippen molar-refractivity contribution in [1.82, 2.24) is 16.0 Å². The lowest BCUT2D eigenvalue weighted by Gasteiger charge is -2.24. The number of aliphatic hydroxyl groups excluding tert-OH is 1. The van der Waals surface area contributed by atoms with Crippen LogP contribution in [0, 0.1) is 5.92 Å². The summed E-state index contributed by atoms with van der Waals surface area (Å²) >= 11 is 1.55. The van der Waals surface area contributed by atoms with Crippen LogP contribution < -0.4 is 21.7 Å².